The van der Waals surface area contributed by atoms with Crippen LogP contribution >= 0.6 is 12.4 Å². The van der Waals surface area contributed by atoms with Crippen LogP contribution in [0.5, 0.6) is 0 Å². The Labute approximate surface area is 134 Å². The second-order valence-electron chi connectivity index (χ2n) is 5.72. The maximum absolute atomic E-state index is 13.3. The summed E-state index contributed by atoms with van der Waals surface area (Å²) in [6.07, 6.45) is 2.23. The molecule has 1 fully saturated rings. The van der Waals surface area contributed by atoms with E-state index in [0.717, 1.165) is 12.8 Å². The molecule has 0 spiro atoms. The predicted molar refractivity (Wildman–Crippen MR) is 83.3 cm³/mol. The number of carbonyl (C=O) groups excluding carboxylic acids is 2. The summed E-state index contributed by atoms with van der Waals surface area (Å²) in [6.45, 7) is 0.394. The smallest absolute Gasteiger partial charge is 0.228 e. The van der Waals surface area contributed by atoms with Crippen LogP contribution in [0, 0.1) is 11.7 Å². The summed E-state index contributed by atoms with van der Waals surface area (Å²) in [6, 6.07) is 4.07. The molecule has 4 N–H and O–H groups in total. The Kier molecular flexibility index (Phi) is 5.03. The molecule has 2 aliphatic rings. The molecule has 2 atom stereocenters. The molecular formula is C15H19ClFN3O2. The summed E-state index contributed by atoms with van der Waals surface area (Å²) >= 11 is 0. The predicted octanol–water partition coefficient (Wildman–Crippen LogP) is 1.53. The molecule has 2 unspecified atom stereocenters. The van der Waals surface area contributed by atoms with Gasteiger partial charge in [0.1, 0.15) is 5.82 Å². The monoisotopic (exact) mass is 327 g/mol. The lowest BCUT2D eigenvalue weighted by molar-refractivity contribution is -0.126. The minimum atomic E-state index is -0.581. The zero-order valence-electron chi connectivity index (χ0n) is 12.0. The topological polar surface area (TPSA) is 84.2 Å². The molecule has 1 aromatic carbocycles. The van der Waals surface area contributed by atoms with Crippen molar-refractivity contribution >= 4 is 29.9 Å². The van der Waals surface area contributed by atoms with Crippen LogP contribution in [0.1, 0.15) is 30.7 Å². The summed E-state index contributed by atoms with van der Waals surface area (Å²) in [5.41, 5.74) is 6.72. The first-order chi connectivity index (χ1) is 10.1. The molecule has 3 rings (SSSR count). The van der Waals surface area contributed by atoms with Crippen LogP contribution in [-0.4, -0.2) is 24.4 Å². The largest absolute Gasteiger partial charge is 0.351 e. The summed E-state index contributed by atoms with van der Waals surface area (Å²) in [7, 11) is 0. The average molecular weight is 328 g/mol. The standard InChI is InChI=1S/C15H18FN3O2.ClH/c16-9-3-4-10-11(6-14(20)18-12(10)5-9)15(21)19-13(7-17)8-1-2-8;/h3-5,8,11,13H,1-2,6-7,17H2,(H,18,20)(H,19,21);1H. The molecule has 22 heavy (non-hydrogen) atoms. The first kappa shape index (κ1) is 16.7. The fourth-order valence-electron chi connectivity index (χ4n) is 2.82. The molecule has 1 aliphatic carbocycles. The van der Waals surface area contributed by atoms with Crippen LogP contribution in [0.4, 0.5) is 10.1 Å². The maximum atomic E-state index is 13.3. The van der Waals surface area contributed by atoms with E-state index in [0.29, 0.717) is 23.7 Å². The molecule has 1 saturated carbocycles. The van der Waals surface area contributed by atoms with E-state index < -0.39 is 11.7 Å². The van der Waals surface area contributed by atoms with Gasteiger partial charge in [0.15, 0.2) is 0 Å². The fraction of sp³-hybridized carbons (Fsp3) is 0.467. The molecule has 1 aliphatic heterocycles. The van der Waals surface area contributed by atoms with E-state index >= 15 is 0 Å². The van der Waals surface area contributed by atoms with Crippen LogP contribution < -0.4 is 16.4 Å². The van der Waals surface area contributed by atoms with Crippen molar-refractivity contribution in [3.05, 3.63) is 29.6 Å². The van der Waals surface area contributed by atoms with E-state index in [1.807, 2.05) is 0 Å². The number of rotatable bonds is 4. The van der Waals surface area contributed by atoms with Crippen molar-refractivity contribution in [3.8, 4) is 0 Å². The van der Waals surface area contributed by atoms with Gasteiger partial charge in [-0.3, -0.25) is 9.59 Å². The van der Waals surface area contributed by atoms with Gasteiger partial charge in [-0.05, 0) is 36.5 Å². The average Bonchev–Trinajstić information content (AvgIpc) is 3.27. The van der Waals surface area contributed by atoms with E-state index in [9.17, 15) is 14.0 Å². The lowest BCUT2D eigenvalue weighted by atomic mass is 9.89. The Balaban J connectivity index is 0.00000176. The number of halogens is 2. The van der Waals surface area contributed by atoms with E-state index in [-0.39, 0.29) is 36.7 Å². The molecule has 2 amide bonds. The number of hydrogen-bond donors (Lipinski definition) is 3. The van der Waals surface area contributed by atoms with Gasteiger partial charge in [0.05, 0.1) is 5.92 Å². The maximum Gasteiger partial charge on any atom is 0.228 e. The van der Waals surface area contributed by atoms with Crippen LogP contribution in [0.3, 0.4) is 0 Å². The second kappa shape index (κ2) is 6.62. The number of hydrogen-bond acceptors (Lipinski definition) is 3. The van der Waals surface area contributed by atoms with Crippen molar-refractivity contribution in [1.29, 1.82) is 0 Å². The Hall–Kier alpha value is -1.66. The number of amides is 2. The third-order valence-electron chi connectivity index (χ3n) is 4.14. The van der Waals surface area contributed by atoms with Gasteiger partial charge in [0.2, 0.25) is 11.8 Å². The normalized spacial score (nSPS) is 21.2. The quantitative estimate of drug-likeness (QED) is 0.784. The highest BCUT2D eigenvalue weighted by Gasteiger charge is 2.35. The zero-order chi connectivity index (χ0) is 15.0. The number of nitrogens with two attached hydrogens (primary N) is 1. The van der Waals surface area contributed by atoms with Gasteiger partial charge >= 0.3 is 0 Å². The summed E-state index contributed by atoms with van der Waals surface area (Å²) in [4.78, 5) is 24.2. The molecule has 0 saturated heterocycles. The molecule has 1 aromatic rings. The van der Waals surface area contributed by atoms with Gasteiger partial charge in [-0.2, -0.15) is 0 Å². The Morgan fingerprint density at radius 2 is 2.18 bits per heavy atom. The van der Waals surface area contributed by atoms with E-state index in [1.54, 1.807) is 6.07 Å². The number of anilines is 1. The SMILES string of the molecule is Cl.NCC(NC(=O)C1CC(=O)Nc2cc(F)ccc21)C1CC1. The molecule has 0 bridgehead atoms. The van der Waals surface area contributed by atoms with Crippen molar-refractivity contribution in [2.45, 2.75) is 31.2 Å². The first-order valence-electron chi connectivity index (χ1n) is 7.18. The molecule has 7 heteroatoms. The third-order valence-corrected chi connectivity index (χ3v) is 4.14. The number of nitrogens with one attached hydrogen (secondary N) is 2. The van der Waals surface area contributed by atoms with Crippen LogP contribution in [-0.2, 0) is 9.59 Å². The van der Waals surface area contributed by atoms with E-state index in [1.165, 1.54) is 12.1 Å². The van der Waals surface area contributed by atoms with Gasteiger partial charge in [-0.1, -0.05) is 6.07 Å². The van der Waals surface area contributed by atoms with Crippen molar-refractivity contribution in [3.63, 3.8) is 0 Å². The molecule has 0 radical (unpaired) electrons. The van der Waals surface area contributed by atoms with Gasteiger partial charge < -0.3 is 16.4 Å². The van der Waals surface area contributed by atoms with Crippen LogP contribution in [0.15, 0.2) is 18.2 Å². The van der Waals surface area contributed by atoms with Crippen molar-refractivity contribution in [1.82, 2.24) is 5.32 Å². The Bertz CT molecular complexity index is 592. The third kappa shape index (κ3) is 3.39. The van der Waals surface area contributed by atoms with Crippen LogP contribution in [0.25, 0.3) is 0 Å². The fourth-order valence-corrected chi connectivity index (χ4v) is 2.82. The summed E-state index contributed by atoms with van der Waals surface area (Å²) < 4.78 is 13.3. The molecular weight excluding hydrogens is 309 g/mol. The highest BCUT2D eigenvalue weighted by Crippen LogP contribution is 2.35. The molecule has 5 nitrogen and oxygen atoms in total. The van der Waals surface area contributed by atoms with Crippen molar-refractivity contribution in [2.75, 3.05) is 11.9 Å². The molecule has 0 aromatic heterocycles. The highest BCUT2D eigenvalue weighted by atomic mass is 35.5. The van der Waals surface area contributed by atoms with Crippen molar-refractivity contribution in [2.24, 2.45) is 11.7 Å². The first-order valence-corrected chi connectivity index (χ1v) is 7.18. The number of benzene rings is 1. The van der Waals surface area contributed by atoms with Gasteiger partial charge in [0, 0.05) is 24.7 Å². The van der Waals surface area contributed by atoms with E-state index in [2.05, 4.69) is 10.6 Å². The van der Waals surface area contributed by atoms with Crippen molar-refractivity contribution < 1.29 is 14.0 Å². The van der Waals surface area contributed by atoms with Gasteiger partial charge in [0.25, 0.3) is 0 Å². The Morgan fingerprint density at radius 3 is 2.82 bits per heavy atom. The Morgan fingerprint density at radius 1 is 1.45 bits per heavy atom. The second-order valence-corrected chi connectivity index (χ2v) is 5.72. The zero-order valence-corrected chi connectivity index (χ0v) is 12.8. The molecule has 1 heterocycles. The van der Waals surface area contributed by atoms with Gasteiger partial charge in [-0.25, -0.2) is 4.39 Å². The number of fused-ring (bicyclic) bond motifs is 1. The highest BCUT2D eigenvalue weighted by molar-refractivity contribution is 6.01. The summed E-state index contributed by atoms with van der Waals surface area (Å²) in [5, 5.41) is 5.54. The lowest BCUT2D eigenvalue weighted by Gasteiger charge is -2.27. The van der Waals surface area contributed by atoms with Crippen LogP contribution in [0.2, 0.25) is 0 Å². The summed E-state index contributed by atoms with van der Waals surface area (Å²) in [5.74, 6) is -1.05. The molecule has 120 valence electrons. The van der Waals surface area contributed by atoms with Gasteiger partial charge in [-0.15, -0.1) is 12.4 Å². The minimum absolute atomic E-state index is 0. The minimum Gasteiger partial charge on any atom is -0.351 e. The van der Waals surface area contributed by atoms with E-state index in [4.69, 9.17) is 5.73 Å². The number of carbonyl (C=O) groups is 2. The lowest BCUT2D eigenvalue weighted by Crippen LogP contribution is -2.45.